The number of nitrogens with zero attached hydrogens (tertiary/aromatic N) is 1. The molecule has 0 bridgehead atoms. The van der Waals surface area contributed by atoms with Gasteiger partial charge in [-0.05, 0) is 18.6 Å². The minimum atomic E-state index is -0.00176. The highest BCUT2D eigenvalue weighted by molar-refractivity contribution is 5.18. The smallest absolute Gasteiger partial charge is 0.0584 e. The molecule has 1 aromatic rings. The van der Waals surface area contributed by atoms with Gasteiger partial charge in [0.2, 0.25) is 0 Å². The quantitative estimate of drug-likeness (QED) is 0.408. The first-order chi connectivity index (χ1) is 6.27. The first kappa shape index (κ1) is 9.72. The normalized spacial score (nSPS) is 12.1. The van der Waals surface area contributed by atoms with Gasteiger partial charge in [-0.2, -0.15) is 0 Å². The van der Waals surface area contributed by atoms with E-state index in [-0.39, 0.29) is 6.04 Å². The summed E-state index contributed by atoms with van der Waals surface area (Å²) in [5.74, 6) is 7.92. The second kappa shape index (κ2) is 4.61. The Labute approximate surface area is 78.3 Å². The van der Waals surface area contributed by atoms with Crippen molar-refractivity contribution < 1.29 is 0 Å². The van der Waals surface area contributed by atoms with Crippen molar-refractivity contribution in [2.45, 2.75) is 19.4 Å². The molecule has 1 unspecified atom stereocenters. The molecule has 1 rings (SSSR count). The molecule has 1 aromatic heterocycles. The van der Waals surface area contributed by atoms with Crippen LogP contribution in [-0.2, 0) is 0 Å². The SMILES string of the molecule is C#CCC(NN)c1ccc(C)nc1. The van der Waals surface area contributed by atoms with Crippen LogP contribution in [0.2, 0.25) is 0 Å². The number of pyridine rings is 1. The fourth-order valence-electron chi connectivity index (χ4n) is 1.08. The van der Waals surface area contributed by atoms with E-state index < -0.39 is 0 Å². The number of nitrogens with two attached hydrogens (primary N) is 1. The number of aryl methyl sites for hydroxylation is 1. The average molecular weight is 175 g/mol. The molecular formula is C10H13N3. The molecule has 0 radical (unpaired) electrons. The average Bonchev–Trinajstić information content (AvgIpc) is 2.16. The zero-order chi connectivity index (χ0) is 9.68. The van der Waals surface area contributed by atoms with Crippen molar-refractivity contribution in [2.75, 3.05) is 0 Å². The molecular weight excluding hydrogens is 162 g/mol. The van der Waals surface area contributed by atoms with Crippen molar-refractivity contribution in [3.8, 4) is 12.3 Å². The van der Waals surface area contributed by atoms with Crippen molar-refractivity contribution in [3.05, 3.63) is 29.6 Å². The van der Waals surface area contributed by atoms with Gasteiger partial charge in [0.1, 0.15) is 0 Å². The minimum Gasteiger partial charge on any atom is -0.271 e. The van der Waals surface area contributed by atoms with Gasteiger partial charge in [-0.25, -0.2) is 0 Å². The largest absolute Gasteiger partial charge is 0.271 e. The summed E-state index contributed by atoms with van der Waals surface area (Å²) in [5.41, 5.74) is 4.66. The van der Waals surface area contributed by atoms with Crippen molar-refractivity contribution in [3.63, 3.8) is 0 Å². The Morgan fingerprint density at radius 3 is 2.92 bits per heavy atom. The maximum absolute atomic E-state index is 5.36. The second-order valence-electron chi connectivity index (χ2n) is 2.86. The molecule has 0 amide bonds. The molecule has 1 atom stereocenters. The third-order valence-corrected chi connectivity index (χ3v) is 1.86. The van der Waals surface area contributed by atoms with Crippen LogP contribution in [0.5, 0.6) is 0 Å². The molecule has 13 heavy (non-hydrogen) atoms. The second-order valence-corrected chi connectivity index (χ2v) is 2.86. The molecule has 3 heteroatoms. The highest BCUT2D eigenvalue weighted by Crippen LogP contribution is 2.13. The Morgan fingerprint density at radius 1 is 1.69 bits per heavy atom. The van der Waals surface area contributed by atoms with Crippen LogP contribution in [0, 0.1) is 19.3 Å². The van der Waals surface area contributed by atoms with Crippen LogP contribution in [-0.4, -0.2) is 4.98 Å². The predicted octanol–water partition coefficient (Wildman–Crippen LogP) is 0.918. The van der Waals surface area contributed by atoms with E-state index >= 15 is 0 Å². The number of nitrogens with one attached hydrogen (secondary N) is 1. The lowest BCUT2D eigenvalue weighted by Gasteiger charge is -2.12. The lowest BCUT2D eigenvalue weighted by Crippen LogP contribution is -2.27. The van der Waals surface area contributed by atoms with Gasteiger partial charge < -0.3 is 0 Å². The van der Waals surface area contributed by atoms with Gasteiger partial charge in [-0.1, -0.05) is 6.07 Å². The van der Waals surface area contributed by atoms with Gasteiger partial charge in [-0.3, -0.25) is 16.3 Å². The molecule has 1 heterocycles. The lowest BCUT2D eigenvalue weighted by atomic mass is 10.1. The van der Waals surface area contributed by atoms with E-state index in [0.717, 1.165) is 11.3 Å². The van der Waals surface area contributed by atoms with Crippen LogP contribution in [0.3, 0.4) is 0 Å². The van der Waals surface area contributed by atoms with E-state index in [1.807, 2.05) is 19.1 Å². The molecule has 3 N–H and O–H groups in total. The summed E-state index contributed by atoms with van der Waals surface area (Å²) in [4.78, 5) is 4.17. The van der Waals surface area contributed by atoms with Crippen LogP contribution in [0.15, 0.2) is 18.3 Å². The summed E-state index contributed by atoms with van der Waals surface area (Å²) in [6.07, 6.45) is 7.57. The third kappa shape index (κ3) is 2.55. The van der Waals surface area contributed by atoms with Crippen molar-refractivity contribution in [2.24, 2.45) is 5.84 Å². The van der Waals surface area contributed by atoms with Crippen LogP contribution in [0.1, 0.15) is 23.7 Å². The minimum absolute atomic E-state index is 0.00176. The Morgan fingerprint density at radius 2 is 2.46 bits per heavy atom. The number of hydrogen-bond donors (Lipinski definition) is 2. The van der Waals surface area contributed by atoms with Gasteiger partial charge in [0.15, 0.2) is 0 Å². The lowest BCUT2D eigenvalue weighted by molar-refractivity contribution is 0.566. The third-order valence-electron chi connectivity index (χ3n) is 1.86. The van der Waals surface area contributed by atoms with Crippen LogP contribution < -0.4 is 11.3 Å². The molecule has 3 nitrogen and oxygen atoms in total. The number of rotatable bonds is 3. The fraction of sp³-hybridized carbons (Fsp3) is 0.300. The molecule has 0 saturated heterocycles. The number of hydrogen-bond acceptors (Lipinski definition) is 3. The molecule has 0 spiro atoms. The van der Waals surface area contributed by atoms with Crippen LogP contribution in [0.4, 0.5) is 0 Å². The van der Waals surface area contributed by atoms with E-state index in [1.54, 1.807) is 6.20 Å². The van der Waals surface area contributed by atoms with E-state index in [9.17, 15) is 0 Å². The molecule has 0 fully saturated rings. The summed E-state index contributed by atoms with van der Waals surface area (Å²) in [7, 11) is 0. The molecule has 0 aromatic carbocycles. The molecule has 0 aliphatic heterocycles. The van der Waals surface area contributed by atoms with Crippen molar-refractivity contribution in [1.82, 2.24) is 10.4 Å². The first-order valence-corrected chi connectivity index (χ1v) is 4.10. The van der Waals surface area contributed by atoms with E-state index in [1.165, 1.54) is 0 Å². The maximum atomic E-state index is 5.36. The molecule has 68 valence electrons. The van der Waals surface area contributed by atoms with E-state index in [2.05, 4.69) is 16.3 Å². The Kier molecular flexibility index (Phi) is 3.44. The first-order valence-electron chi connectivity index (χ1n) is 4.10. The van der Waals surface area contributed by atoms with Gasteiger partial charge in [0.05, 0.1) is 6.04 Å². The highest BCUT2D eigenvalue weighted by Gasteiger charge is 2.07. The zero-order valence-corrected chi connectivity index (χ0v) is 7.62. The summed E-state index contributed by atoms with van der Waals surface area (Å²) in [6.45, 7) is 1.94. The predicted molar refractivity (Wildman–Crippen MR) is 52.5 cm³/mol. The van der Waals surface area contributed by atoms with Crippen molar-refractivity contribution >= 4 is 0 Å². The van der Waals surface area contributed by atoms with E-state index in [0.29, 0.717) is 6.42 Å². The Bertz CT molecular complexity index is 297. The van der Waals surface area contributed by atoms with Crippen molar-refractivity contribution in [1.29, 1.82) is 0 Å². The zero-order valence-electron chi connectivity index (χ0n) is 7.62. The maximum Gasteiger partial charge on any atom is 0.0584 e. The number of hydrazine groups is 1. The fourth-order valence-corrected chi connectivity index (χ4v) is 1.08. The molecule has 0 aliphatic carbocycles. The summed E-state index contributed by atoms with van der Waals surface area (Å²) in [6, 6.07) is 3.92. The molecule has 0 saturated carbocycles. The Hall–Kier alpha value is -1.37. The van der Waals surface area contributed by atoms with Gasteiger partial charge in [0, 0.05) is 18.3 Å². The summed E-state index contributed by atoms with van der Waals surface area (Å²) >= 11 is 0. The van der Waals surface area contributed by atoms with Gasteiger partial charge >= 0.3 is 0 Å². The Balaban J connectivity index is 2.80. The van der Waals surface area contributed by atoms with E-state index in [4.69, 9.17) is 12.3 Å². The van der Waals surface area contributed by atoms with Gasteiger partial charge in [-0.15, -0.1) is 12.3 Å². The standard InChI is InChI=1S/C10H13N3/c1-3-4-10(13-11)9-6-5-8(2)12-7-9/h1,5-7,10,13H,4,11H2,2H3. The van der Waals surface area contributed by atoms with Crippen LogP contribution >= 0.6 is 0 Å². The number of aromatic nitrogens is 1. The summed E-state index contributed by atoms with van der Waals surface area (Å²) in [5, 5.41) is 0. The topological polar surface area (TPSA) is 50.9 Å². The molecule has 0 aliphatic rings. The van der Waals surface area contributed by atoms with Gasteiger partial charge in [0.25, 0.3) is 0 Å². The number of terminal acetylenes is 1. The monoisotopic (exact) mass is 175 g/mol. The summed E-state index contributed by atoms with van der Waals surface area (Å²) < 4.78 is 0. The van der Waals surface area contributed by atoms with Crippen LogP contribution in [0.25, 0.3) is 0 Å². The highest BCUT2D eigenvalue weighted by atomic mass is 15.2.